The Hall–Kier alpha value is -1.65. The number of hydrogen-bond donors (Lipinski definition) is 1. The number of carbonyl (C=O) groups excluding carboxylic acids is 1. The fourth-order valence-electron chi connectivity index (χ4n) is 3.03. The Balaban J connectivity index is 2.02. The van der Waals surface area contributed by atoms with E-state index in [9.17, 15) is 4.79 Å². The zero-order valence-corrected chi connectivity index (χ0v) is 15.5. The van der Waals surface area contributed by atoms with Crippen molar-refractivity contribution in [2.45, 2.75) is 38.9 Å². The van der Waals surface area contributed by atoms with Gasteiger partial charge < -0.3 is 14.8 Å². The lowest BCUT2D eigenvalue weighted by Gasteiger charge is -2.39. The van der Waals surface area contributed by atoms with Crippen molar-refractivity contribution in [2.24, 2.45) is 0 Å². The van der Waals surface area contributed by atoms with E-state index in [0.29, 0.717) is 16.6 Å². The molecule has 1 aliphatic rings. The topological polar surface area (TPSA) is 37.3 Å². The van der Waals surface area contributed by atoms with E-state index in [2.05, 4.69) is 9.88 Å². The van der Waals surface area contributed by atoms with E-state index in [0.717, 1.165) is 17.8 Å². The molecule has 0 spiro atoms. The molecule has 1 N–H and O–H groups in total. The second-order valence-electron chi connectivity index (χ2n) is 7.08. The summed E-state index contributed by atoms with van der Waals surface area (Å²) in [6.07, 6.45) is 2.04. The molecule has 0 bridgehead atoms. The van der Waals surface area contributed by atoms with Crippen molar-refractivity contribution in [1.29, 1.82) is 0 Å². The number of rotatable bonds is 1. The zero-order chi connectivity index (χ0) is 17.5. The smallest absolute Gasteiger partial charge is 0.318 e. The first-order chi connectivity index (χ1) is 11.3. The summed E-state index contributed by atoms with van der Waals surface area (Å²) in [6, 6.07) is 9.33. The molecule has 2 aromatic rings. The molecule has 1 unspecified atom stereocenters. The van der Waals surface area contributed by atoms with Crippen LogP contribution < -0.4 is 5.32 Å². The van der Waals surface area contributed by atoms with Gasteiger partial charge in [-0.15, -0.1) is 0 Å². The number of nitrogens with one attached hydrogen (secondary N) is 1. The number of nitrogens with zero attached hydrogens (tertiary/aromatic N) is 2. The minimum absolute atomic E-state index is 0.0778. The molecule has 24 heavy (non-hydrogen) atoms. The van der Waals surface area contributed by atoms with Gasteiger partial charge in [-0.05, 0) is 50.6 Å². The lowest BCUT2D eigenvalue weighted by atomic mass is 10.00. The summed E-state index contributed by atoms with van der Waals surface area (Å²) >= 11 is 12.3. The largest absolute Gasteiger partial charge is 0.348 e. The van der Waals surface area contributed by atoms with Gasteiger partial charge in [0.05, 0.1) is 16.1 Å². The van der Waals surface area contributed by atoms with Crippen LogP contribution in [0.1, 0.15) is 38.1 Å². The summed E-state index contributed by atoms with van der Waals surface area (Å²) in [4.78, 5) is 14.7. The second-order valence-corrected chi connectivity index (χ2v) is 7.89. The van der Waals surface area contributed by atoms with Crippen molar-refractivity contribution in [3.8, 4) is 0 Å². The van der Waals surface area contributed by atoms with Crippen LogP contribution in [-0.2, 0) is 6.54 Å². The average molecular weight is 366 g/mol. The number of urea groups is 1. The number of aromatic nitrogens is 1. The molecule has 1 aliphatic heterocycles. The second kappa shape index (κ2) is 6.34. The summed E-state index contributed by atoms with van der Waals surface area (Å²) in [7, 11) is 0. The third-order valence-electron chi connectivity index (χ3n) is 4.04. The van der Waals surface area contributed by atoms with Gasteiger partial charge in [0.1, 0.15) is 0 Å². The van der Waals surface area contributed by atoms with E-state index >= 15 is 0 Å². The zero-order valence-electron chi connectivity index (χ0n) is 14.0. The van der Waals surface area contributed by atoms with Crippen molar-refractivity contribution in [3.63, 3.8) is 0 Å². The summed E-state index contributed by atoms with van der Waals surface area (Å²) < 4.78 is 2.17. The van der Waals surface area contributed by atoms with E-state index in [1.54, 1.807) is 6.07 Å². The molecule has 0 fully saturated rings. The number of amides is 2. The summed E-state index contributed by atoms with van der Waals surface area (Å²) in [5.41, 5.74) is 1.73. The molecule has 4 nitrogen and oxygen atoms in total. The third kappa shape index (κ3) is 3.40. The van der Waals surface area contributed by atoms with E-state index in [4.69, 9.17) is 23.2 Å². The fraction of sp³-hybridized carbons (Fsp3) is 0.389. The van der Waals surface area contributed by atoms with Gasteiger partial charge in [-0.2, -0.15) is 0 Å². The molecule has 128 valence electrons. The van der Waals surface area contributed by atoms with Gasteiger partial charge in [-0.1, -0.05) is 29.3 Å². The molecular formula is C18H21Cl2N3O. The highest BCUT2D eigenvalue weighted by Gasteiger charge is 2.33. The summed E-state index contributed by atoms with van der Waals surface area (Å²) in [5, 5.41) is 4.06. The molecular weight excluding hydrogens is 345 g/mol. The lowest BCUT2D eigenvalue weighted by Crippen LogP contribution is -2.52. The molecule has 6 heteroatoms. The molecule has 0 aliphatic carbocycles. The van der Waals surface area contributed by atoms with Crippen LogP contribution in [0.2, 0.25) is 10.0 Å². The maximum Gasteiger partial charge on any atom is 0.318 e. The Kier molecular flexibility index (Phi) is 4.54. The number of carbonyl (C=O) groups is 1. The summed E-state index contributed by atoms with van der Waals surface area (Å²) in [6.45, 7) is 7.34. The first kappa shape index (κ1) is 17.2. The Morgan fingerprint density at radius 1 is 1.17 bits per heavy atom. The van der Waals surface area contributed by atoms with E-state index in [1.165, 1.54) is 0 Å². The SMILES string of the molecule is CC(C)(C)NC(=O)N1CCn2cccc2C1c1ccc(Cl)c(Cl)c1. The van der Waals surface area contributed by atoms with Gasteiger partial charge in [-0.3, -0.25) is 0 Å². The minimum Gasteiger partial charge on any atom is -0.348 e. The molecule has 1 aromatic heterocycles. The van der Waals surface area contributed by atoms with Crippen LogP contribution in [0.5, 0.6) is 0 Å². The van der Waals surface area contributed by atoms with Gasteiger partial charge >= 0.3 is 6.03 Å². The Bertz CT molecular complexity index is 764. The van der Waals surface area contributed by atoms with Crippen molar-refractivity contribution in [2.75, 3.05) is 6.54 Å². The fourth-order valence-corrected chi connectivity index (χ4v) is 3.33. The number of halogens is 2. The molecule has 0 saturated carbocycles. The molecule has 2 amide bonds. The van der Waals surface area contributed by atoms with E-state index in [1.807, 2.05) is 56.1 Å². The minimum atomic E-state index is -0.293. The van der Waals surface area contributed by atoms with Gasteiger partial charge in [0.25, 0.3) is 0 Å². The van der Waals surface area contributed by atoms with Crippen molar-refractivity contribution in [3.05, 3.63) is 57.8 Å². The van der Waals surface area contributed by atoms with Crippen molar-refractivity contribution < 1.29 is 4.79 Å². The van der Waals surface area contributed by atoms with Gasteiger partial charge in [0.15, 0.2) is 0 Å². The molecule has 2 heterocycles. The van der Waals surface area contributed by atoms with Crippen LogP contribution in [0, 0.1) is 0 Å². The highest BCUT2D eigenvalue weighted by atomic mass is 35.5. The molecule has 0 radical (unpaired) electrons. The Morgan fingerprint density at radius 2 is 1.92 bits per heavy atom. The number of benzene rings is 1. The highest BCUT2D eigenvalue weighted by Crippen LogP contribution is 2.35. The molecule has 0 saturated heterocycles. The van der Waals surface area contributed by atoms with E-state index in [-0.39, 0.29) is 17.6 Å². The van der Waals surface area contributed by atoms with Gasteiger partial charge in [0, 0.05) is 30.5 Å². The van der Waals surface area contributed by atoms with Crippen LogP contribution >= 0.6 is 23.2 Å². The van der Waals surface area contributed by atoms with Crippen molar-refractivity contribution in [1.82, 2.24) is 14.8 Å². The lowest BCUT2D eigenvalue weighted by molar-refractivity contribution is 0.161. The Labute approximate surface area is 152 Å². The molecule has 1 atom stereocenters. The summed E-state index contributed by atoms with van der Waals surface area (Å²) in [5.74, 6) is 0. The predicted molar refractivity (Wildman–Crippen MR) is 97.7 cm³/mol. The standard InChI is InChI=1S/C18H21Cl2N3O/c1-18(2,3)21-17(24)23-10-9-22-8-4-5-15(22)16(23)12-6-7-13(19)14(20)11-12/h4-8,11,16H,9-10H2,1-3H3,(H,21,24). The first-order valence-electron chi connectivity index (χ1n) is 7.95. The van der Waals surface area contributed by atoms with Crippen LogP contribution in [0.4, 0.5) is 4.79 Å². The van der Waals surface area contributed by atoms with E-state index < -0.39 is 0 Å². The van der Waals surface area contributed by atoms with Crippen LogP contribution in [-0.4, -0.2) is 27.6 Å². The van der Waals surface area contributed by atoms with Crippen LogP contribution in [0.3, 0.4) is 0 Å². The predicted octanol–water partition coefficient (Wildman–Crippen LogP) is 4.71. The number of hydrogen-bond acceptors (Lipinski definition) is 1. The van der Waals surface area contributed by atoms with Crippen LogP contribution in [0.25, 0.3) is 0 Å². The maximum absolute atomic E-state index is 12.8. The van der Waals surface area contributed by atoms with Gasteiger partial charge in [0.2, 0.25) is 0 Å². The highest BCUT2D eigenvalue weighted by molar-refractivity contribution is 6.42. The van der Waals surface area contributed by atoms with Gasteiger partial charge in [-0.25, -0.2) is 4.79 Å². The maximum atomic E-state index is 12.8. The normalized spacial score (nSPS) is 17.5. The van der Waals surface area contributed by atoms with Crippen molar-refractivity contribution >= 4 is 29.2 Å². The molecule has 3 rings (SSSR count). The Morgan fingerprint density at radius 3 is 2.58 bits per heavy atom. The average Bonchev–Trinajstić information content (AvgIpc) is 2.95. The quantitative estimate of drug-likeness (QED) is 0.780. The number of fused-ring (bicyclic) bond motifs is 1. The first-order valence-corrected chi connectivity index (χ1v) is 8.70. The third-order valence-corrected chi connectivity index (χ3v) is 4.78. The molecule has 1 aromatic carbocycles. The monoisotopic (exact) mass is 365 g/mol. The van der Waals surface area contributed by atoms with Crippen LogP contribution in [0.15, 0.2) is 36.5 Å².